The number of carbonyl (C=O) groups is 1. The summed E-state index contributed by atoms with van der Waals surface area (Å²) in [6.07, 6.45) is 7.30. The zero-order valence-electron chi connectivity index (χ0n) is 18.7. The molecule has 1 aromatic carbocycles. The van der Waals surface area contributed by atoms with Crippen molar-refractivity contribution in [3.05, 3.63) is 59.3 Å². The zero-order valence-corrected chi connectivity index (χ0v) is 18.7. The van der Waals surface area contributed by atoms with Crippen LogP contribution in [0.5, 0.6) is 17.5 Å². The van der Waals surface area contributed by atoms with Crippen molar-refractivity contribution in [3.8, 4) is 23.5 Å². The Balaban J connectivity index is 1.06. The van der Waals surface area contributed by atoms with Crippen molar-refractivity contribution in [3.63, 3.8) is 0 Å². The van der Waals surface area contributed by atoms with Gasteiger partial charge < -0.3 is 14.4 Å². The summed E-state index contributed by atoms with van der Waals surface area (Å²) < 4.78 is 25.2. The van der Waals surface area contributed by atoms with Crippen LogP contribution in [0.2, 0.25) is 0 Å². The fourth-order valence-electron chi connectivity index (χ4n) is 5.29. The molecule has 0 unspecified atom stereocenters. The van der Waals surface area contributed by atoms with E-state index < -0.39 is 5.82 Å². The van der Waals surface area contributed by atoms with Crippen LogP contribution < -0.4 is 14.4 Å². The highest BCUT2D eigenvalue weighted by molar-refractivity contribution is 6.67. The topological polar surface area (TPSA) is 114 Å². The molecule has 6 rings (SSSR count). The van der Waals surface area contributed by atoms with Gasteiger partial charge in [-0.1, -0.05) is 5.10 Å². The maximum atomic E-state index is 13.4. The predicted molar refractivity (Wildman–Crippen MR) is 123 cm³/mol. The molecule has 1 spiro atoms. The van der Waals surface area contributed by atoms with Crippen LogP contribution in [0.25, 0.3) is 0 Å². The average Bonchev–Trinajstić information content (AvgIpc) is 3.25. The maximum absolute atomic E-state index is 13.4. The third-order valence-electron chi connectivity index (χ3n) is 6.99. The minimum absolute atomic E-state index is 0.00445. The highest BCUT2D eigenvalue weighted by Gasteiger charge is 2.54. The second-order valence-electron chi connectivity index (χ2n) is 9.47. The van der Waals surface area contributed by atoms with Gasteiger partial charge in [0.2, 0.25) is 0 Å². The molecule has 0 radical (unpaired) electrons. The number of fused-ring (bicyclic) bond motifs is 1. The van der Waals surface area contributed by atoms with Gasteiger partial charge in [0.25, 0.3) is 6.71 Å². The Hall–Kier alpha value is -4.07. The summed E-state index contributed by atoms with van der Waals surface area (Å²) in [5, 5.41) is 17.1. The lowest BCUT2D eigenvalue weighted by atomic mass is 9.49. The van der Waals surface area contributed by atoms with Crippen LogP contribution in [0, 0.1) is 22.5 Å². The number of hydrogen-bond donors (Lipinski definition) is 0. The van der Waals surface area contributed by atoms with Gasteiger partial charge in [-0.2, -0.15) is 10.1 Å². The molecule has 174 valence electrons. The number of nitriles is 1. The molecule has 0 atom stereocenters. The van der Waals surface area contributed by atoms with Crippen LogP contribution in [0.3, 0.4) is 0 Å². The normalized spacial score (nSPS) is 17.8. The van der Waals surface area contributed by atoms with Gasteiger partial charge in [-0.15, -0.1) is 0 Å². The minimum Gasteiger partial charge on any atom is -0.490 e. The molecular formula is C24H20BFN6O3. The van der Waals surface area contributed by atoms with E-state index in [1.165, 1.54) is 12.1 Å². The van der Waals surface area contributed by atoms with E-state index in [4.69, 9.17) is 9.47 Å². The monoisotopic (exact) mass is 470 g/mol. The van der Waals surface area contributed by atoms with Crippen LogP contribution in [0.4, 0.5) is 10.2 Å². The van der Waals surface area contributed by atoms with Crippen molar-refractivity contribution in [1.29, 1.82) is 5.26 Å². The highest BCUT2D eigenvalue weighted by atomic mass is 19.1. The molecule has 1 saturated carbocycles. The van der Waals surface area contributed by atoms with Crippen LogP contribution in [-0.4, -0.2) is 52.4 Å². The van der Waals surface area contributed by atoms with E-state index in [9.17, 15) is 14.4 Å². The molecule has 0 amide bonds. The lowest BCUT2D eigenvalue weighted by Crippen LogP contribution is -2.65. The highest BCUT2D eigenvalue weighted by Crippen LogP contribution is 2.51. The Kier molecular flexibility index (Phi) is 5.09. The van der Waals surface area contributed by atoms with Gasteiger partial charge in [0.05, 0.1) is 11.8 Å². The number of hydrogen-bond acceptors (Lipinski definition) is 9. The molecule has 2 aliphatic heterocycles. The molecule has 1 aliphatic carbocycles. The standard InChI is InChI=1S/C24H20BFN6O3/c26-16-1-2-20(15(5-16)11-33)35-23-30-22(10-29-31-23)32-12-24(13-32)6-17(7-24)34-21-3-4-28-19-9-25(14-27)8-18(19)21/h1-5,10-11,17H,6-9,12-13H2. The molecule has 3 aromatic rings. The van der Waals surface area contributed by atoms with Gasteiger partial charge in [-0.3, -0.25) is 9.78 Å². The summed E-state index contributed by atoms with van der Waals surface area (Å²) in [4.78, 5) is 22.1. The molecule has 11 heteroatoms. The van der Waals surface area contributed by atoms with Crippen LogP contribution in [0.15, 0.2) is 36.7 Å². The van der Waals surface area contributed by atoms with Gasteiger partial charge >= 0.3 is 6.01 Å². The summed E-state index contributed by atoms with van der Waals surface area (Å²) >= 11 is 0. The van der Waals surface area contributed by atoms with Gasteiger partial charge in [0.15, 0.2) is 12.1 Å². The molecule has 0 bridgehead atoms. The minimum atomic E-state index is -0.527. The molecule has 9 nitrogen and oxygen atoms in total. The van der Waals surface area contributed by atoms with Crippen molar-refractivity contribution < 1.29 is 18.7 Å². The first-order valence-electron chi connectivity index (χ1n) is 11.4. The molecule has 1 saturated heterocycles. The quantitative estimate of drug-likeness (QED) is 0.396. The number of benzene rings is 1. The number of halogens is 1. The molecule has 35 heavy (non-hydrogen) atoms. The smallest absolute Gasteiger partial charge is 0.343 e. The van der Waals surface area contributed by atoms with Gasteiger partial charge in [-0.05, 0) is 49.7 Å². The van der Waals surface area contributed by atoms with Crippen molar-refractivity contribution in [1.82, 2.24) is 20.2 Å². The van der Waals surface area contributed by atoms with E-state index in [2.05, 4.69) is 31.0 Å². The van der Waals surface area contributed by atoms with Crippen LogP contribution in [0.1, 0.15) is 34.5 Å². The Labute approximate surface area is 201 Å². The third-order valence-corrected chi connectivity index (χ3v) is 6.99. The van der Waals surface area contributed by atoms with Crippen molar-refractivity contribution in [2.45, 2.75) is 31.6 Å². The van der Waals surface area contributed by atoms with E-state index in [-0.39, 0.29) is 35.6 Å². The largest absolute Gasteiger partial charge is 0.490 e. The number of rotatable bonds is 6. The summed E-state index contributed by atoms with van der Waals surface area (Å²) in [5.74, 6) is 3.48. The number of aromatic nitrogens is 4. The Morgan fingerprint density at radius 2 is 2.09 bits per heavy atom. The van der Waals surface area contributed by atoms with Gasteiger partial charge in [0, 0.05) is 41.9 Å². The summed E-state index contributed by atoms with van der Waals surface area (Å²) in [6.45, 7) is 1.64. The first kappa shape index (κ1) is 21.5. The summed E-state index contributed by atoms with van der Waals surface area (Å²) in [7, 11) is 0. The van der Waals surface area contributed by atoms with Crippen molar-refractivity contribution >= 4 is 18.8 Å². The molecule has 2 aromatic heterocycles. The van der Waals surface area contributed by atoms with E-state index in [1.807, 2.05) is 6.07 Å². The first-order chi connectivity index (χ1) is 17.0. The SMILES string of the molecule is N#CB1Cc2nccc(OC3CC4(C3)CN(c3cnnc(Oc5ccc(F)cc5C=O)n3)C4)c2C1. The second-order valence-corrected chi connectivity index (χ2v) is 9.47. The lowest BCUT2D eigenvalue weighted by Gasteiger charge is -2.58. The van der Waals surface area contributed by atoms with Gasteiger partial charge in [-0.25, -0.2) is 9.65 Å². The number of anilines is 1. The van der Waals surface area contributed by atoms with E-state index in [1.54, 1.807) is 12.4 Å². The number of nitrogens with zero attached hydrogens (tertiary/aromatic N) is 6. The molecule has 0 N–H and O–H groups in total. The van der Waals surface area contributed by atoms with Gasteiger partial charge in [0.1, 0.15) is 23.4 Å². The molecule has 3 aliphatic rings. The lowest BCUT2D eigenvalue weighted by molar-refractivity contribution is -0.0347. The summed E-state index contributed by atoms with van der Waals surface area (Å²) in [6, 6.07) is 5.56. The fourth-order valence-corrected chi connectivity index (χ4v) is 5.29. The van der Waals surface area contributed by atoms with E-state index in [0.717, 1.165) is 49.0 Å². The molecule has 4 heterocycles. The number of pyridine rings is 1. The Morgan fingerprint density at radius 3 is 2.89 bits per heavy atom. The Morgan fingerprint density at radius 1 is 1.23 bits per heavy atom. The fraction of sp³-hybridized carbons (Fsp3) is 0.333. The maximum Gasteiger partial charge on any atom is 0.343 e. The summed E-state index contributed by atoms with van der Waals surface area (Å²) in [5.41, 5.74) is 2.32. The van der Waals surface area contributed by atoms with Crippen LogP contribution >= 0.6 is 0 Å². The van der Waals surface area contributed by atoms with Crippen molar-refractivity contribution in [2.24, 2.45) is 5.41 Å². The second kappa shape index (κ2) is 8.30. The first-order valence-corrected chi connectivity index (χ1v) is 11.4. The number of ether oxygens (including phenoxy) is 2. The third kappa shape index (κ3) is 3.95. The predicted octanol–water partition coefficient (Wildman–Crippen LogP) is 2.79. The zero-order chi connectivity index (χ0) is 24.0. The van der Waals surface area contributed by atoms with E-state index in [0.29, 0.717) is 24.7 Å². The Bertz CT molecular complexity index is 1350. The number of aldehydes is 1. The van der Waals surface area contributed by atoms with Crippen molar-refractivity contribution in [2.75, 3.05) is 18.0 Å². The van der Waals surface area contributed by atoms with E-state index >= 15 is 0 Å². The molecular weight excluding hydrogens is 450 g/mol. The average molecular weight is 470 g/mol. The number of carbonyl (C=O) groups excluding carboxylic acids is 1. The molecule has 2 fully saturated rings. The van der Waals surface area contributed by atoms with Crippen LogP contribution in [-0.2, 0) is 12.6 Å².